The van der Waals surface area contributed by atoms with Crippen molar-refractivity contribution in [3.8, 4) is 11.3 Å². The molecule has 3 rings (SSSR count). The number of nitrogens with zero attached hydrogens (tertiary/aromatic N) is 2. The second kappa shape index (κ2) is 6.27. The third kappa shape index (κ3) is 3.38. The molecular formula is C17H12F4N2O2. The van der Waals surface area contributed by atoms with Gasteiger partial charge in [-0.2, -0.15) is 0 Å². The highest BCUT2D eigenvalue weighted by molar-refractivity contribution is 5.82. The first-order valence-corrected chi connectivity index (χ1v) is 7.44. The molecule has 4 nitrogen and oxygen atoms in total. The van der Waals surface area contributed by atoms with Crippen LogP contribution in [0.15, 0.2) is 36.5 Å². The molecule has 0 spiro atoms. The third-order valence-corrected chi connectivity index (χ3v) is 4.04. The molecule has 0 aliphatic heterocycles. The molecule has 0 amide bonds. The molecule has 8 heteroatoms. The second-order valence-corrected chi connectivity index (χ2v) is 5.73. The number of allylic oxidation sites excluding steroid dienone is 2. The monoisotopic (exact) mass is 352 g/mol. The van der Waals surface area contributed by atoms with E-state index in [1.807, 2.05) is 0 Å². The third-order valence-electron chi connectivity index (χ3n) is 4.04. The molecular weight excluding hydrogens is 340 g/mol. The van der Waals surface area contributed by atoms with Crippen molar-refractivity contribution < 1.29 is 22.5 Å². The molecule has 0 saturated heterocycles. The lowest BCUT2D eigenvalue weighted by atomic mass is 9.90. The summed E-state index contributed by atoms with van der Waals surface area (Å²) in [6.45, 7) is 0. The number of hydrogen-bond acceptors (Lipinski definition) is 3. The molecule has 0 bridgehead atoms. The summed E-state index contributed by atoms with van der Waals surface area (Å²) in [7, 11) is 0. The van der Waals surface area contributed by atoms with Crippen LogP contribution in [0, 0.1) is 21.7 Å². The summed E-state index contributed by atoms with van der Waals surface area (Å²) in [6, 6.07) is 3.88. The van der Waals surface area contributed by atoms with Crippen molar-refractivity contribution in [2.45, 2.75) is 25.2 Å². The van der Waals surface area contributed by atoms with E-state index >= 15 is 0 Å². The van der Waals surface area contributed by atoms with E-state index in [1.54, 1.807) is 0 Å². The molecule has 1 aliphatic rings. The average Bonchev–Trinajstić information content (AvgIpc) is 2.56. The molecule has 0 unspecified atom stereocenters. The summed E-state index contributed by atoms with van der Waals surface area (Å²) < 4.78 is 54.1. The van der Waals surface area contributed by atoms with Crippen molar-refractivity contribution in [2.75, 3.05) is 0 Å². The van der Waals surface area contributed by atoms with E-state index < -0.39 is 41.0 Å². The number of benzene rings is 1. The van der Waals surface area contributed by atoms with Gasteiger partial charge in [0.15, 0.2) is 5.69 Å². The Bertz CT molecular complexity index is 881. The van der Waals surface area contributed by atoms with E-state index in [1.165, 1.54) is 18.3 Å². The Kier molecular flexibility index (Phi) is 4.28. The minimum Gasteiger partial charge on any atom is -0.258 e. The lowest BCUT2D eigenvalue weighted by Gasteiger charge is -2.21. The molecule has 0 N–H and O–H groups in total. The lowest BCUT2D eigenvalue weighted by Crippen LogP contribution is -2.18. The van der Waals surface area contributed by atoms with Crippen LogP contribution in [-0.4, -0.2) is 15.8 Å². The minimum absolute atomic E-state index is 0.0527. The van der Waals surface area contributed by atoms with Gasteiger partial charge < -0.3 is 0 Å². The topological polar surface area (TPSA) is 56.0 Å². The first-order valence-electron chi connectivity index (χ1n) is 7.44. The largest absolute Gasteiger partial charge is 0.303 e. The van der Waals surface area contributed by atoms with E-state index in [2.05, 4.69) is 4.98 Å². The first kappa shape index (κ1) is 17.1. The average molecular weight is 352 g/mol. The van der Waals surface area contributed by atoms with Crippen molar-refractivity contribution in [1.29, 1.82) is 0 Å². The van der Waals surface area contributed by atoms with Crippen molar-refractivity contribution >= 4 is 11.3 Å². The van der Waals surface area contributed by atoms with Crippen LogP contribution in [0.3, 0.4) is 0 Å². The zero-order chi connectivity index (χ0) is 18.2. The molecule has 2 aromatic rings. The fraction of sp³-hybridized carbons (Fsp3) is 0.235. The quantitative estimate of drug-likeness (QED) is 0.437. The molecule has 0 saturated carbocycles. The normalized spacial score (nSPS) is 16.4. The predicted molar refractivity (Wildman–Crippen MR) is 83.0 cm³/mol. The number of alkyl halides is 2. The van der Waals surface area contributed by atoms with Gasteiger partial charge in [0.05, 0.1) is 10.5 Å². The molecule has 1 aromatic heterocycles. The second-order valence-electron chi connectivity index (χ2n) is 5.73. The van der Waals surface area contributed by atoms with E-state index in [4.69, 9.17) is 0 Å². The summed E-state index contributed by atoms with van der Waals surface area (Å²) >= 11 is 0. The molecule has 25 heavy (non-hydrogen) atoms. The van der Waals surface area contributed by atoms with Gasteiger partial charge in [0, 0.05) is 24.6 Å². The summed E-state index contributed by atoms with van der Waals surface area (Å²) in [5.74, 6) is -4.48. The van der Waals surface area contributed by atoms with Crippen LogP contribution >= 0.6 is 0 Å². The van der Waals surface area contributed by atoms with E-state index in [0.29, 0.717) is 5.57 Å². The van der Waals surface area contributed by atoms with Crippen LogP contribution in [0.5, 0.6) is 0 Å². The highest BCUT2D eigenvalue weighted by Gasteiger charge is 2.34. The maximum atomic E-state index is 14.0. The summed E-state index contributed by atoms with van der Waals surface area (Å²) in [4.78, 5) is 14.6. The highest BCUT2D eigenvalue weighted by atomic mass is 19.3. The minimum atomic E-state index is -2.84. The maximum Gasteiger partial charge on any atom is 0.303 e. The van der Waals surface area contributed by atoms with Crippen LogP contribution in [0.1, 0.15) is 24.8 Å². The number of hydrogen-bond donors (Lipinski definition) is 0. The van der Waals surface area contributed by atoms with Gasteiger partial charge >= 0.3 is 5.69 Å². The Labute approximate surface area is 140 Å². The Hall–Kier alpha value is -2.77. The highest BCUT2D eigenvalue weighted by Crippen LogP contribution is 2.41. The Morgan fingerprint density at radius 1 is 1.16 bits per heavy atom. The van der Waals surface area contributed by atoms with Gasteiger partial charge in [-0.1, -0.05) is 6.08 Å². The van der Waals surface area contributed by atoms with E-state index in [-0.39, 0.29) is 23.2 Å². The Balaban J connectivity index is 2.18. The van der Waals surface area contributed by atoms with Gasteiger partial charge in [0.2, 0.25) is 0 Å². The Morgan fingerprint density at radius 2 is 1.92 bits per heavy atom. The lowest BCUT2D eigenvalue weighted by molar-refractivity contribution is -0.384. The molecule has 130 valence electrons. The zero-order valence-corrected chi connectivity index (χ0v) is 12.8. The van der Waals surface area contributed by atoms with E-state index in [0.717, 1.165) is 18.2 Å². The van der Waals surface area contributed by atoms with Gasteiger partial charge in [-0.3, -0.25) is 10.1 Å². The standard InChI is InChI=1S/C17H12F4N2O2/c18-11-1-2-14(19)13(9-11)15-16(23(24)25)12(5-8-22-15)10-3-6-17(20,21)7-4-10/h1-3,5,8-9H,4,6-7H2. The molecule has 1 heterocycles. The number of pyridine rings is 1. The van der Waals surface area contributed by atoms with Crippen LogP contribution in [-0.2, 0) is 0 Å². The van der Waals surface area contributed by atoms with Crippen LogP contribution < -0.4 is 0 Å². The number of rotatable bonds is 3. The fourth-order valence-electron chi connectivity index (χ4n) is 2.81. The first-order chi connectivity index (χ1) is 11.8. The maximum absolute atomic E-state index is 14.0. The van der Waals surface area contributed by atoms with Crippen LogP contribution in [0.25, 0.3) is 16.8 Å². The summed E-state index contributed by atoms with van der Waals surface area (Å²) in [5, 5.41) is 11.6. The molecule has 0 atom stereocenters. The SMILES string of the molecule is O=[N+]([O-])c1c(C2=CCC(F)(F)CC2)ccnc1-c1cc(F)ccc1F. The molecule has 0 fully saturated rings. The number of halogens is 4. The Morgan fingerprint density at radius 3 is 2.56 bits per heavy atom. The molecule has 1 aliphatic carbocycles. The molecule has 1 aromatic carbocycles. The molecule has 0 radical (unpaired) electrons. The van der Waals surface area contributed by atoms with Crippen molar-refractivity contribution in [1.82, 2.24) is 4.98 Å². The van der Waals surface area contributed by atoms with Gasteiger partial charge in [-0.15, -0.1) is 0 Å². The van der Waals surface area contributed by atoms with Gasteiger partial charge in [0.1, 0.15) is 11.6 Å². The van der Waals surface area contributed by atoms with Gasteiger partial charge in [-0.05, 0) is 36.3 Å². The van der Waals surface area contributed by atoms with Crippen molar-refractivity contribution in [3.05, 3.63) is 63.9 Å². The van der Waals surface area contributed by atoms with Gasteiger partial charge in [-0.25, -0.2) is 22.5 Å². The zero-order valence-electron chi connectivity index (χ0n) is 12.8. The number of aromatic nitrogens is 1. The van der Waals surface area contributed by atoms with Crippen molar-refractivity contribution in [2.24, 2.45) is 0 Å². The smallest absolute Gasteiger partial charge is 0.258 e. The van der Waals surface area contributed by atoms with E-state index in [9.17, 15) is 27.7 Å². The van der Waals surface area contributed by atoms with Crippen molar-refractivity contribution in [3.63, 3.8) is 0 Å². The van der Waals surface area contributed by atoms with Gasteiger partial charge in [0.25, 0.3) is 5.92 Å². The number of nitro groups is 1. The van der Waals surface area contributed by atoms with Crippen LogP contribution in [0.2, 0.25) is 0 Å². The predicted octanol–water partition coefficient (Wildman–Crippen LogP) is 5.14. The van der Waals surface area contributed by atoms with Crippen LogP contribution in [0.4, 0.5) is 23.2 Å². The summed E-state index contributed by atoms with van der Waals surface area (Å²) in [5.41, 5.74) is -0.747. The summed E-state index contributed by atoms with van der Waals surface area (Å²) in [6.07, 6.45) is 1.46. The fourth-order valence-corrected chi connectivity index (χ4v) is 2.81.